The Bertz CT molecular complexity index is 521. The van der Waals surface area contributed by atoms with Gasteiger partial charge in [0.05, 0.1) is 6.10 Å². The van der Waals surface area contributed by atoms with E-state index in [1.54, 1.807) is 7.11 Å². The van der Waals surface area contributed by atoms with Crippen LogP contribution in [0, 0.1) is 5.92 Å². The molecule has 0 radical (unpaired) electrons. The number of ether oxygens (including phenoxy) is 2. The maximum Gasteiger partial charge on any atom is 0.330 e. The first-order chi connectivity index (χ1) is 8.58. The number of H-pyrrole nitrogens is 1. The molecule has 1 fully saturated rings. The third-order valence-corrected chi connectivity index (χ3v) is 3.50. The minimum atomic E-state index is -0.487. The van der Waals surface area contributed by atoms with Crippen molar-refractivity contribution in [1.29, 1.82) is 0 Å². The van der Waals surface area contributed by atoms with E-state index in [0.29, 0.717) is 0 Å². The summed E-state index contributed by atoms with van der Waals surface area (Å²) in [4.78, 5) is 25.0. The first-order valence-corrected chi connectivity index (χ1v) is 6.08. The summed E-state index contributed by atoms with van der Waals surface area (Å²) < 4.78 is 12.7. The van der Waals surface area contributed by atoms with E-state index in [9.17, 15) is 9.59 Å². The highest BCUT2D eigenvalue weighted by molar-refractivity contribution is 4.91. The van der Waals surface area contributed by atoms with Crippen LogP contribution in [0.15, 0.2) is 21.9 Å². The Kier molecular flexibility index (Phi) is 3.68. The van der Waals surface area contributed by atoms with E-state index in [0.717, 1.165) is 6.42 Å². The Labute approximate surface area is 105 Å². The van der Waals surface area contributed by atoms with Crippen molar-refractivity contribution in [3.05, 3.63) is 33.1 Å². The summed E-state index contributed by atoms with van der Waals surface area (Å²) in [6, 6.07) is 1.31. The minimum absolute atomic E-state index is 0.0544. The maximum atomic E-state index is 11.8. The third kappa shape index (κ3) is 2.13. The van der Waals surface area contributed by atoms with Crippen LogP contribution < -0.4 is 11.2 Å². The molecule has 4 atom stereocenters. The van der Waals surface area contributed by atoms with E-state index in [1.807, 2.05) is 13.8 Å². The highest BCUT2D eigenvalue weighted by Crippen LogP contribution is 2.35. The lowest BCUT2D eigenvalue weighted by molar-refractivity contribution is -0.0530. The molecule has 1 aliphatic rings. The monoisotopic (exact) mass is 254 g/mol. The number of aromatic amines is 1. The first-order valence-electron chi connectivity index (χ1n) is 6.08. The van der Waals surface area contributed by atoms with Gasteiger partial charge in [-0.3, -0.25) is 14.3 Å². The number of nitrogens with zero attached hydrogens (tertiary/aromatic N) is 1. The fourth-order valence-corrected chi connectivity index (χ4v) is 2.50. The van der Waals surface area contributed by atoms with Gasteiger partial charge in [-0.25, -0.2) is 4.79 Å². The van der Waals surface area contributed by atoms with E-state index < -0.39 is 17.5 Å². The van der Waals surface area contributed by atoms with Crippen LogP contribution in [0.5, 0.6) is 0 Å². The maximum absolute atomic E-state index is 11.8. The molecule has 0 aliphatic carbocycles. The summed E-state index contributed by atoms with van der Waals surface area (Å²) in [5.41, 5.74) is -0.887. The first kappa shape index (κ1) is 13.0. The van der Waals surface area contributed by atoms with Gasteiger partial charge in [-0.1, -0.05) is 13.8 Å². The van der Waals surface area contributed by atoms with Gasteiger partial charge in [-0.05, 0) is 6.42 Å². The number of aromatic nitrogens is 2. The van der Waals surface area contributed by atoms with Gasteiger partial charge < -0.3 is 9.47 Å². The predicted molar refractivity (Wildman–Crippen MR) is 65.5 cm³/mol. The molecule has 18 heavy (non-hydrogen) atoms. The van der Waals surface area contributed by atoms with Crippen LogP contribution in [-0.4, -0.2) is 28.9 Å². The van der Waals surface area contributed by atoms with Gasteiger partial charge in [-0.15, -0.1) is 0 Å². The Morgan fingerprint density at radius 3 is 2.78 bits per heavy atom. The molecule has 0 spiro atoms. The molecule has 1 aliphatic heterocycles. The van der Waals surface area contributed by atoms with E-state index >= 15 is 0 Å². The van der Waals surface area contributed by atoms with Crippen molar-refractivity contribution in [2.45, 2.75) is 38.7 Å². The summed E-state index contributed by atoms with van der Waals surface area (Å²) in [6.45, 7) is 4.07. The van der Waals surface area contributed by atoms with Crippen LogP contribution in [0.1, 0.15) is 26.5 Å². The fourth-order valence-electron chi connectivity index (χ4n) is 2.50. The van der Waals surface area contributed by atoms with Gasteiger partial charge in [0.1, 0.15) is 6.10 Å². The Hall–Kier alpha value is -1.40. The standard InChI is InChI=1S/C12H18N2O4/c1-4-8-7(2)10(17-3)11(18-8)14-6-5-9(15)13-12(14)16/h5-8,10-11H,4H2,1-3H3,(H,13,15,16)/t7-,8+,10+,11+/m0/s1. The molecule has 6 nitrogen and oxygen atoms in total. The number of nitrogens with one attached hydrogen (secondary N) is 1. The van der Waals surface area contributed by atoms with Crippen LogP contribution in [0.3, 0.4) is 0 Å². The van der Waals surface area contributed by atoms with Crippen molar-refractivity contribution in [3.8, 4) is 0 Å². The third-order valence-electron chi connectivity index (χ3n) is 3.50. The molecule has 0 bridgehead atoms. The quantitative estimate of drug-likeness (QED) is 0.852. The lowest BCUT2D eigenvalue weighted by Gasteiger charge is -2.20. The summed E-state index contributed by atoms with van der Waals surface area (Å²) >= 11 is 0. The zero-order valence-electron chi connectivity index (χ0n) is 10.8. The van der Waals surface area contributed by atoms with Crippen LogP contribution in [-0.2, 0) is 9.47 Å². The second-order valence-electron chi connectivity index (χ2n) is 4.55. The zero-order valence-corrected chi connectivity index (χ0v) is 10.8. The molecule has 1 saturated heterocycles. The van der Waals surface area contributed by atoms with Crippen LogP contribution in [0.25, 0.3) is 0 Å². The SMILES string of the molecule is CC[C@H]1O[C@@H](n2ccc(=O)[nH]c2=O)[C@H](OC)[C@H]1C. The van der Waals surface area contributed by atoms with Crippen molar-refractivity contribution in [2.75, 3.05) is 7.11 Å². The number of hydrogen-bond donors (Lipinski definition) is 1. The van der Waals surface area contributed by atoms with Gasteiger partial charge in [0.15, 0.2) is 6.23 Å². The van der Waals surface area contributed by atoms with Crippen molar-refractivity contribution in [3.63, 3.8) is 0 Å². The van der Waals surface area contributed by atoms with E-state index in [2.05, 4.69) is 4.98 Å². The van der Waals surface area contributed by atoms with Gasteiger partial charge in [0, 0.05) is 25.3 Å². The largest absolute Gasteiger partial charge is 0.376 e. The van der Waals surface area contributed by atoms with Gasteiger partial charge >= 0.3 is 5.69 Å². The van der Waals surface area contributed by atoms with Crippen molar-refractivity contribution < 1.29 is 9.47 Å². The summed E-state index contributed by atoms with van der Waals surface area (Å²) in [7, 11) is 1.60. The number of rotatable bonds is 3. The molecule has 0 amide bonds. The number of methoxy groups -OCH3 is 1. The molecular formula is C12H18N2O4. The lowest BCUT2D eigenvalue weighted by Crippen LogP contribution is -2.36. The van der Waals surface area contributed by atoms with E-state index in [1.165, 1.54) is 16.8 Å². The summed E-state index contributed by atoms with van der Waals surface area (Å²) in [5.74, 6) is 0.198. The molecule has 0 saturated carbocycles. The second-order valence-corrected chi connectivity index (χ2v) is 4.55. The minimum Gasteiger partial charge on any atom is -0.376 e. The van der Waals surface area contributed by atoms with E-state index in [4.69, 9.17) is 9.47 Å². The van der Waals surface area contributed by atoms with Crippen molar-refractivity contribution in [1.82, 2.24) is 9.55 Å². The number of hydrogen-bond acceptors (Lipinski definition) is 4. The van der Waals surface area contributed by atoms with Crippen LogP contribution >= 0.6 is 0 Å². The van der Waals surface area contributed by atoms with Crippen LogP contribution in [0.2, 0.25) is 0 Å². The molecule has 2 rings (SSSR count). The smallest absolute Gasteiger partial charge is 0.330 e. The highest BCUT2D eigenvalue weighted by Gasteiger charge is 2.42. The topological polar surface area (TPSA) is 73.3 Å². The van der Waals surface area contributed by atoms with E-state index in [-0.39, 0.29) is 18.1 Å². The Morgan fingerprint density at radius 2 is 2.22 bits per heavy atom. The lowest BCUT2D eigenvalue weighted by atomic mass is 9.98. The molecule has 0 unspecified atom stereocenters. The van der Waals surface area contributed by atoms with Gasteiger partial charge in [0.2, 0.25) is 0 Å². The van der Waals surface area contributed by atoms with Crippen molar-refractivity contribution in [2.24, 2.45) is 5.92 Å². The summed E-state index contributed by atoms with van der Waals surface area (Å²) in [6.07, 6.45) is 1.68. The molecule has 2 heterocycles. The molecule has 6 heteroatoms. The molecule has 1 aromatic heterocycles. The van der Waals surface area contributed by atoms with Gasteiger partial charge in [-0.2, -0.15) is 0 Å². The molecule has 1 N–H and O–H groups in total. The molecule has 0 aromatic carbocycles. The van der Waals surface area contributed by atoms with Gasteiger partial charge in [0.25, 0.3) is 5.56 Å². The zero-order chi connectivity index (χ0) is 13.3. The summed E-state index contributed by atoms with van der Waals surface area (Å²) in [5, 5.41) is 0. The average molecular weight is 254 g/mol. The Balaban J connectivity index is 2.38. The predicted octanol–water partition coefficient (Wildman–Crippen LogP) is 0.495. The second kappa shape index (κ2) is 5.07. The molecule has 100 valence electrons. The fraction of sp³-hybridized carbons (Fsp3) is 0.667. The van der Waals surface area contributed by atoms with Crippen molar-refractivity contribution >= 4 is 0 Å². The molecular weight excluding hydrogens is 236 g/mol. The average Bonchev–Trinajstić information content (AvgIpc) is 2.65. The highest BCUT2D eigenvalue weighted by atomic mass is 16.6. The van der Waals surface area contributed by atoms with Crippen LogP contribution in [0.4, 0.5) is 0 Å². The molecule has 1 aromatic rings. The normalized spacial score (nSPS) is 31.7. The Morgan fingerprint density at radius 1 is 1.50 bits per heavy atom.